The number of hydrogen-bond donors (Lipinski definition) is 3. The Kier molecular flexibility index (Phi) is 5.06. The van der Waals surface area contributed by atoms with Gasteiger partial charge in [0.25, 0.3) is 5.56 Å². The normalized spacial score (nSPS) is 10.9. The lowest BCUT2D eigenvalue weighted by molar-refractivity contribution is -0.118. The molecular formula is C16H15BrN4O2S. The lowest BCUT2D eigenvalue weighted by Crippen LogP contribution is -2.25. The molecule has 0 atom stereocenters. The molecule has 0 aliphatic carbocycles. The van der Waals surface area contributed by atoms with Crippen molar-refractivity contribution in [3.05, 3.63) is 56.4 Å². The standard InChI is InChI=1S/C16H15BrN4O2S/c1-9-6-12-14(19-9)15(23)21-16(20-12)24-8-13(22)18-7-10-4-2-3-5-11(10)17/h2-6,19H,7-8H2,1H3,(H,18,22)(H,20,21,23). The second-order valence-electron chi connectivity index (χ2n) is 5.24. The van der Waals surface area contributed by atoms with Gasteiger partial charge in [0, 0.05) is 16.7 Å². The van der Waals surface area contributed by atoms with E-state index in [0.717, 1.165) is 15.7 Å². The van der Waals surface area contributed by atoms with Crippen LogP contribution in [0.15, 0.2) is 44.8 Å². The first kappa shape index (κ1) is 16.8. The van der Waals surface area contributed by atoms with Crippen molar-refractivity contribution in [2.75, 3.05) is 5.75 Å². The highest BCUT2D eigenvalue weighted by molar-refractivity contribution is 9.10. The van der Waals surface area contributed by atoms with Gasteiger partial charge < -0.3 is 10.3 Å². The lowest BCUT2D eigenvalue weighted by Gasteiger charge is -2.06. The van der Waals surface area contributed by atoms with Crippen LogP contribution in [0.4, 0.5) is 0 Å². The second-order valence-corrected chi connectivity index (χ2v) is 7.06. The number of amides is 1. The molecule has 2 heterocycles. The summed E-state index contributed by atoms with van der Waals surface area (Å²) in [4.78, 5) is 33.9. The van der Waals surface area contributed by atoms with Crippen LogP contribution in [0.1, 0.15) is 11.3 Å². The second kappa shape index (κ2) is 7.23. The van der Waals surface area contributed by atoms with Gasteiger partial charge in [0.05, 0.1) is 11.3 Å². The van der Waals surface area contributed by atoms with E-state index in [1.807, 2.05) is 37.3 Å². The topological polar surface area (TPSA) is 90.6 Å². The number of halogens is 1. The molecule has 0 spiro atoms. The average molecular weight is 407 g/mol. The van der Waals surface area contributed by atoms with Crippen LogP contribution in [-0.4, -0.2) is 26.6 Å². The molecule has 24 heavy (non-hydrogen) atoms. The first-order valence-corrected chi connectivity index (χ1v) is 9.03. The number of rotatable bonds is 5. The van der Waals surface area contributed by atoms with Crippen molar-refractivity contribution in [1.82, 2.24) is 20.3 Å². The maximum absolute atomic E-state index is 12.0. The number of hydrogen-bond acceptors (Lipinski definition) is 4. The zero-order chi connectivity index (χ0) is 17.1. The SMILES string of the molecule is Cc1cc2nc(SCC(=O)NCc3ccccc3Br)[nH]c(=O)c2[nH]1. The van der Waals surface area contributed by atoms with E-state index >= 15 is 0 Å². The fourth-order valence-corrected chi connectivity index (χ4v) is 3.34. The van der Waals surface area contributed by atoms with Gasteiger partial charge >= 0.3 is 0 Å². The van der Waals surface area contributed by atoms with Crippen molar-refractivity contribution in [1.29, 1.82) is 0 Å². The van der Waals surface area contributed by atoms with Crippen LogP contribution in [0.2, 0.25) is 0 Å². The summed E-state index contributed by atoms with van der Waals surface area (Å²) in [7, 11) is 0. The third-order valence-electron chi connectivity index (χ3n) is 3.37. The molecule has 3 rings (SSSR count). The van der Waals surface area contributed by atoms with Crippen molar-refractivity contribution in [3.8, 4) is 0 Å². The molecule has 0 aliphatic rings. The molecule has 0 radical (unpaired) electrons. The summed E-state index contributed by atoms with van der Waals surface area (Å²) in [5.41, 5.74) is 2.70. The smallest absolute Gasteiger partial charge is 0.275 e. The van der Waals surface area contributed by atoms with Crippen molar-refractivity contribution in [2.45, 2.75) is 18.6 Å². The minimum absolute atomic E-state index is 0.122. The number of nitrogens with zero attached hydrogens (tertiary/aromatic N) is 1. The molecular weight excluding hydrogens is 392 g/mol. The molecule has 3 N–H and O–H groups in total. The van der Waals surface area contributed by atoms with Crippen LogP contribution < -0.4 is 10.9 Å². The molecule has 0 aliphatic heterocycles. The number of aromatic nitrogens is 3. The molecule has 0 bridgehead atoms. The Morgan fingerprint density at radius 3 is 2.92 bits per heavy atom. The monoisotopic (exact) mass is 406 g/mol. The third kappa shape index (κ3) is 3.88. The Bertz CT molecular complexity index is 951. The Morgan fingerprint density at radius 1 is 1.33 bits per heavy atom. The van der Waals surface area contributed by atoms with E-state index in [0.29, 0.717) is 22.7 Å². The molecule has 8 heteroatoms. The summed E-state index contributed by atoms with van der Waals surface area (Å²) in [6.07, 6.45) is 0. The largest absolute Gasteiger partial charge is 0.353 e. The predicted octanol–water partition coefficient (Wildman–Crippen LogP) is 2.73. The van der Waals surface area contributed by atoms with E-state index in [1.54, 1.807) is 0 Å². The Labute approximate surface area is 150 Å². The summed E-state index contributed by atoms with van der Waals surface area (Å²) in [5.74, 6) is 0.0613. The molecule has 1 aromatic carbocycles. The highest BCUT2D eigenvalue weighted by Crippen LogP contribution is 2.17. The molecule has 1 amide bonds. The predicted molar refractivity (Wildman–Crippen MR) is 98.2 cm³/mol. The molecule has 0 saturated heterocycles. The van der Waals surface area contributed by atoms with E-state index in [9.17, 15) is 9.59 Å². The highest BCUT2D eigenvalue weighted by Gasteiger charge is 2.09. The van der Waals surface area contributed by atoms with Crippen molar-refractivity contribution >= 4 is 44.6 Å². The Morgan fingerprint density at radius 2 is 2.12 bits per heavy atom. The molecule has 3 aromatic rings. The first-order valence-electron chi connectivity index (χ1n) is 7.25. The molecule has 124 valence electrons. The summed E-state index contributed by atoms with van der Waals surface area (Å²) in [6.45, 7) is 2.31. The van der Waals surface area contributed by atoms with Gasteiger partial charge in [-0.3, -0.25) is 14.6 Å². The Balaban J connectivity index is 1.60. The van der Waals surface area contributed by atoms with Crippen molar-refractivity contribution in [2.24, 2.45) is 0 Å². The van der Waals surface area contributed by atoms with Crippen LogP contribution in [0.25, 0.3) is 11.0 Å². The Hall–Kier alpha value is -2.06. The molecule has 0 fully saturated rings. The molecule has 2 aromatic heterocycles. The van der Waals surface area contributed by atoms with Crippen LogP contribution in [-0.2, 0) is 11.3 Å². The highest BCUT2D eigenvalue weighted by atomic mass is 79.9. The fourth-order valence-electron chi connectivity index (χ4n) is 2.22. The summed E-state index contributed by atoms with van der Waals surface area (Å²) >= 11 is 4.65. The lowest BCUT2D eigenvalue weighted by atomic mass is 10.2. The summed E-state index contributed by atoms with van der Waals surface area (Å²) < 4.78 is 0.956. The molecule has 0 unspecified atom stereocenters. The minimum atomic E-state index is -0.232. The third-order valence-corrected chi connectivity index (χ3v) is 5.02. The van der Waals surface area contributed by atoms with E-state index in [1.165, 1.54) is 11.8 Å². The van der Waals surface area contributed by atoms with Gasteiger partial charge in [-0.15, -0.1) is 0 Å². The van der Waals surface area contributed by atoms with E-state index in [-0.39, 0.29) is 17.2 Å². The molecule has 6 nitrogen and oxygen atoms in total. The zero-order valence-electron chi connectivity index (χ0n) is 12.9. The number of H-pyrrole nitrogens is 2. The quantitative estimate of drug-likeness (QED) is 0.448. The van der Waals surface area contributed by atoms with Crippen LogP contribution in [0, 0.1) is 6.92 Å². The van der Waals surface area contributed by atoms with Gasteiger partial charge in [-0.2, -0.15) is 0 Å². The number of aryl methyl sites for hydroxylation is 1. The number of benzene rings is 1. The first-order chi connectivity index (χ1) is 11.5. The van der Waals surface area contributed by atoms with Crippen molar-refractivity contribution < 1.29 is 4.79 Å². The maximum atomic E-state index is 12.0. The number of aromatic amines is 2. The van der Waals surface area contributed by atoms with Crippen LogP contribution in [0.3, 0.4) is 0 Å². The van der Waals surface area contributed by atoms with Crippen LogP contribution >= 0.6 is 27.7 Å². The number of thioether (sulfide) groups is 1. The van der Waals surface area contributed by atoms with E-state index < -0.39 is 0 Å². The van der Waals surface area contributed by atoms with Gasteiger partial charge in [-0.25, -0.2) is 4.98 Å². The number of nitrogens with one attached hydrogen (secondary N) is 3. The van der Waals surface area contributed by atoms with Crippen LogP contribution in [0.5, 0.6) is 0 Å². The zero-order valence-corrected chi connectivity index (χ0v) is 15.3. The maximum Gasteiger partial charge on any atom is 0.275 e. The van der Waals surface area contributed by atoms with Gasteiger partial charge in [0.1, 0.15) is 5.52 Å². The van der Waals surface area contributed by atoms with Gasteiger partial charge in [-0.1, -0.05) is 45.9 Å². The average Bonchev–Trinajstić information content (AvgIpc) is 2.93. The fraction of sp³-hybridized carbons (Fsp3) is 0.188. The van der Waals surface area contributed by atoms with Gasteiger partial charge in [0.15, 0.2) is 5.16 Å². The number of fused-ring (bicyclic) bond motifs is 1. The summed E-state index contributed by atoms with van der Waals surface area (Å²) in [5, 5.41) is 3.28. The van der Waals surface area contributed by atoms with Gasteiger partial charge in [-0.05, 0) is 24.6 Å². The van der Waals surface area contributed by atoms with Crippen molar-refractivity contribution in [3.63, 3.8) is 0 Å². The molecule has 0 saturated carbocycles. The number of carbonyl (C=O) groups is 1. The summed E-state index contributed by atoms with van der Waals surface area (Å²) in [6, 6.07) is 9.52. The van der Waals surface area contributed by atoms with Gasteiger partial charge in [0.2, 0.25) is 5.91 Å². The number of carbonyl (C=O) groups excluding carboxylic acids is 1. The minimum Gasteiger partial charge on any atom is -0.353 e. The van der Waals surface area contributed by atoms with E-state index in [2.05, 4.69) is 36.2 Å². The van der Waals surface area contributed by atoms with E-state index in [4.69, 9.17) is 0 Å².